The van der Waals surface area contributed by atoms with Gasteiger partial charge in [0.1, 0.15) is 12.6 Å². The molecule has 5 amide bonds. The number of carbonyl (C=O) groups is 5. The highest BCUT2D eigenvalue weighted by Crippen LogP contribution is 2.29. The van der Waals surface area contributed by atoms with Crippen LogP contribution in [0.2, 0.25) is 0 Å². The second kappa shape index (κ2) is 27.9. The third-order valence-electron chi connectivity index (χ3n) is 9.07. The van der Waals surface area contributed by atoms with Gasteiger partial charge >= 0.3 is 0 Å². The molecule has 1 aromatic carbocycles. The lowest BCUT2D eigenvalue weighted by atomic mass is 9.90. The van der Waals surface area contributed by atoms with Gasteiger partial charge in [-0.2, -0.15) is 0 Å². The summed E-state index contributed by atoms with van der Waals surface area (Å²) in [5.74, 6) is -2.81. The first-order valence-electron chi connectivity index (χ1n) is 18.6. The van der Waals surface area contributed by atoms with Gasteiger partial charge in [0.15, 0.2) is 0 Å². The second-order valence-electron chi connectivity index (χ2n) is 13.3. The smallest absolute Gasteiger partial charge is 0.245 e. The molecule has 7 N–H and O–H groups in total. The molecule has 7 atom stereocenters. The van der Waals surface area contributed by atoms with E-state index in [0.717, 1.165) is 6.42 Å². The molecule has 0 radical (unpaired) electrons. The summed E-state index contributed by atoms with van der Waals surface area (Å²) in [6.45, 7) is 11.2. The van der Waals surface area contributed by atoms with Crippen molar-refractivity contribution in [3.8, 4) is 0 Å². The van der Waals surface area contributed by atoms with Crippen LogP contribution >= 0.6 is 0 Å². The Kier molecular flexibility index (Phi) is 26.0. The van der Waals surface area contributed by atoms with Crippen LogP contribution in [0, 0.1) is 18.8 Å². The van der Waals surface area contributed by atoms with Gasteiger partial charge < -0.3 is 51.2 Å². The van der Waals surface area contributed by atoms with E-state index in [0.29, 0.717) is 19.4 Å². The minimum absolute atomic E-state index is 0.0110. The maximum atomic E-state index is 13.7. The Morgan fingerprint density at radius 1 is 0.981 bits per heavy atom. The number of ether oxygens (including phenoxy) is 2. The van der Waals surface area contributed by atoms with Crippen LogP contribution in [0.15, 0.2) is 30.3 Å². The zero-order chi connectivity index (χ0) is 40.5. The van der Waals surface area contributed by atoms with Gasteiger partial charge in [-0.3, -0.25) is 24.0 Å². The maximum Gasteiger partial charge on any atom is 0.245 e. The first kappa shape index (κ1) is 49.4. The number of rotatable bonds is 19. The Labute approximate surface area is 316 Å². The number of aryl methyl sites for hydroxylation is 1. The second-order valence-corrected chi connectivity index (χ2v) is 13.3. The Balaban J connectivity index is 0.00000234. The van der Waals surface area contributed by atoms with Crippen molar-refractivity contribution in [2.75, 3.05) is 60.7 Å². The van der Waals surface area contributed by atoms with E-state index in [4.69, 9.17) is 25.4 Å². The molecule has 1 aliphatic rings. The van der Waals surface area contributed by atoms with E-state index in [1.807, 2.05) is 32.0 Å². The fourth-order valence-electron chi connectivity index (χ4n) is 5.99. The van der Waals surface area contributed by atoms with Crippen LogP contribution in [0.5, 0.6) is 0 Å². The molecule has 15 heteroatoms. The number of likely N-dealkylation sites (tertiary alicyclic amines) is 1. The Morgan fingerprint density at radius 2 is 1.60 bits per heavy atom. The minimum atomic E-state index is -1.11. The quantitative estimate of drug-likeness (QED) is 0.118. The van der Waals surface area contributed by atoms with Crippen molar-refractivity contribution >= 4 is 29.5 Å². The lowest BCUT2D eigenvalue weighted by molar-refractivity contribution is -0.145. The summed E-state index contributed by atoms with van der Waals surface area (Å²) in [4.78, 5) is 66.1. The van der Waals surface area contributed by atoms with Crippen LogP contribution in [0.1, 0.15) is 72.3 Å². The van der Waals surface area contributed by atoms with Crippen LogP contribution in [0.25, 0.3) is 0 Å². The summed E-state index contributed by atoms with van der Waals surface area (Å²) in [6, 6.07) is 8.32. The van der Waals surface area contributed by atoms with Gasteiger partial charge in [-0.1, -0.05) is 83.4 Å². The first-order valence-corrected chi connectivity index (χ1v) is 18.6. The predicted octanol–water partition coefficient (Wildman–Crippen LogP) is 0.979. The monoisotopic (exact) mass is 753 g/mol. The summed E-state index contributed by atoms with van der Waals surface area (Å²) in [5, 5.41) is 25.2. The van der Waals surface area contributed by atoms with Crippen LogP contribution in [0.3, 0.4) is 0 Å². The zero-order valence-electron chi connectivity index (χ0n) is 33.4. The van der Waals surface area contributed by atoms with E-state index < -0.39 is 54.5 Å². The molecular formula is C38H68N6O9. The molecule has 15 nitrogen and oxygen atoms in total. The van der Waals surface area contributed by atoms with E-state index in [9.17, 15) is 24.0 Å². The predicted molar refractivity (Wildman–Crippen MR) is 204 cm³/mol. The fraction of sp³-hybridized carbons (Fsp3) is 0.711. The average Bonchev–Trinajstić information content (AvgIpc) is 3.64. The van der Waals surface area contributed by atoms with Crippen LogP contribution in [0.4, 0.5) is 0 Å². The number of nitrogens with two attached hydrogens (primary N) is 1. The van der Waals surface area contributed by atoms with Crippen LogP contribution in [-0.2, 0) is 33.4 Å². The number of benzene rings is 1. The van der Waals surface area contributed by atoms with E-state index >= 15 is 0 Å². The molecular weight excluding hydrogens is 684 g/mol. The Bertz CT molecular complexity index is 1210. The highest BCUT2D eigenvalue weighted by Gasteiger charge is 2.41. The van der Waals surface area contributed by atoms with Crippen molar-refractivity contribution in [2.24, 2.45) is 17.6 Å². The molecule has 1 saturated heterocycles. The topological polar surface area (TPSA) is 213 Å². The molecule has 1 fully saturated rings. The molecule has 2 rings (SSSR count). The summed E-state index contributed by atoms with van der Waals surface area (Å²) < 4.78 is 11.5. The van der Waals surface area contributed by atoms with Gasteiger partial charge in [-0.25, -0.2) is 0 Å². The number of methoxy groups -OCH3 is 2. The zero-order valence-corrected chi connectivity index (χ0v) is 33.4. The molecule has 1 aliphatic heterocycles. The first-order chi connectivity index (χ1) is 25.2. The Morgan fingerprint density at radius 3 is 2.09 bits per heavy atom. The van der Waals surface area contributed by atoms with Crippen molar-refractivity contribution < 1.29 is 43.7 Å². The van der Waals surface area contributed by atoms with Gasteiger partial charge in [-0.05, 0) is 25.7 Å². The molecule has 0 bridgehead atoms. The number of hydrogen-bond acceptors (Lipinski definition) is 10. The number of aliphatic hydroxyl groups excluding tert-OH is 2. The van der Waals surface area contributed by atoms with E-state index in [1.165, 1.54) is 31.1 Å². The molecule has 0 saturated carbocycles. The minimum Gasteiger partial charge on any atom is -0.395 e. The molecule has 53 heavy (non-hydrogen) atoms. The van der Waals surface area contributed by atoms with Crippen molar-refractivity contribution in [3.05, 3.63) is 35.9 Å². The van der Waals surface area contributed by atoms with Gasteiger partial charge in [0.25, 0.3) is 0 Å². The van der Waals surface area contributed by atoms with Gasteiger partial charge in [-0.15, -0.1) is 0 Å². The van der Waals surface area contributed by atoms with E-state index in [-0.39, 0.29) is 56.4 Å². The summed E-state index contributed by atoms with van der Waals surface area (Å²) >= 11 is 0. The Hall–Kier alpha value is -3.63. The number of hydrogen-bond donors (Lipinski definition) is 6. The summed E-state index contributed by atoms with van der Waals surface area (Å²) in [7, 11) is 4.59. The summed E-state index contributed by atoms with van der Waals surface area (Å²) in [6.07, 6.45) is 2.14. The molecule has 304 valence electrons. The molecule has 7 unspecified atom stereocenters. The van der Waals surface area contributed by atoms with Crippen molar-refractivity contribution in [3.63, 3.8) is 0 Å². The maximum absolute atomic E-state index is 13.7. The number of carbonyl (C=O) groups excluding carboxylic acids is 5. The largest absolute Gasteiger partial charge is 0.395 e. The van der Waals surface area contributed by atoms with Gasteiger partial charge in [0, 0.05) is 40.9 Å². The molecule has 1 heterocycles. The van der Waals surface area contributed by atoms with Gasteiger partial charge in [0.05, 0.1) is 49.8 Å². The average molecular weight is 753 g/mol. The number of amides is 5. The highest BCUT2D eigenvalue weighted by atomic mass is 16.5. The third-order valence-corrected chi connectivity index (χ3v) is 9.07. The SMILES string of the molecule is CCC.CCC(C)C(C(CC(=O)N1CCCC1C(OC)C(C)C(=O)NCCO)OC)N(C)C(=O)CNC(=O)C(N)CNC(=O)CO.Cc1ccccc1. The summed E-state index contributed by atoms with van der Waals surface area (Å²) in [5.41, 5.74) is 7.08. The number of nitrogens with one attached hydrogen (secondary N) is 3. The van der Waals surface area contributed by atoms with Gasteiger partial charge in [0.2, 0.25) is 29.5 Å². The van der Waals surface area contributed by atoms with E-state index in [2.05, 4.69) is 48.9 Å². The highest BCUT2D eigenvalue weighted by molar-refractivity contribution is 5.88. The lowest BCUT2D eigenvalue weighted by Crippen LogP contribution is -2.55. The molecule has 0 aliphatic carbocycles. The molecule has 0 aromatic heterocycles. The van der Waals surface area contributed by atoms with Crippen molar-refractivity contribution in [2.45, 2.75) is 104 Å². The number of nitrogens with zero attached hydrogens (tertiary/aromatic N) is 2. The molecule has 0 spiro atoms. The third kappa shape index (κ3) is 17.8. The van der Waals surface area contributed by atoms with Crippen LogP contribution < -0.4 is 21.7 Å². The number of aliphatic hydroxyl groups is 2. The van der Waals surface area contributed by atoms with Crippen LogP contribution in [-0.4, -0.2) is 141 Å². The van der Waals surface area contributed by atoms with E-state index in [1.54, 1.807) is 18.9 Å². The van der Waals surface area contributed by atoms with Crippen molar-refractivity contribution in [1.29, 1.82) is 0 Å². The number of likely N-dealkylation sites (N-methyl/N-ethyl adjacent to an activating group) is 1. The normalized spacial score (nSPS) is 16.9. The molecule has 1 aromatic rings. The fourth-order valence-corrected chi connectivity index (χ4v) is 5.99. The lowest BCUT2D eigenvalue weighted by Gasteiger charge is -2.39. The van der Waals surface area contributed by atoms with Crippen molar-refractivity contribution in [1.82, 2.24) is 25.8 Å². The standard InChI is InChI=1S/C28H52N6O9.C7H8.C3H8/c1-7-17(2)25(33(4)24(39)15-32-28(41)19(29)14-31-22(37)16-36)21(42-5)13-23(38)34-11-8-9-20(34)26(43-6)18(3)27(40)30-10-12-35;1-7-5-3-2-4-6-7;1-3-2/h17-21,25-26,35-36H,7-16,29H2,1-6H3,(H,30,40)(H,31,37)(H,32,41);2-6H,1H3;3H2,1-2H3.